The monoisotopic (exact) mass is 311 g/mol. The van der Waals surface area contributed by atoms with Crippen molar-refractivity contribution in [3.8, 4) is 5.75 Å². The van der Waals surface area contributed by atoms with Crippen LogP contribution in [0.2, 0.25) is 0 Å². The van der Waals surface area contributed by atoms with Crippen LogP contribution in [0.4, 0.5) is 5.69 Å². The number of anilines is 1. The van der Waals surface area contributed by atoms with E-state index in [1.54, 1.807) is 7.11 Å². The number of nitrogens with zero attached hydrogens (tertiary/aromatic N) is 1. The lowest BCUT2D eigenvalue weighted by Gasteiger charge is -2.34. The second-order valence-electron chi connectivity index (χ2n) is 5.47. The molecule has 114 valence electrons. The topological polar surface area (TPSA) is 12.5 Å². The molecule has 2 aromatic carbocycles. The second-order valence-corrected chi connectivity index (χ2v) is 6.79. The van der Waals surface area contributed by atoms with Gasteiger partial charge in [-0.2, -0.15) is 0 Å². The van der Waals surface area contributed by atoms with Crippen LogP contribution in [-0.2, 0) is 13.0 Å². The maximum atomic E-state index is 5.23. The van der Waals surface area contributed by atoms with Crippen LogP contribution < -0.4 is 9.04 Å². The minimum Gasteiger partial charge on any atom is -0.497 e. The fraction of sp³-hybridized carbons (Fsp3) is 0.263. The van der Waals surface area contributed by atoms with Crippen molar-refractivity contribution in [1.82, 2.24) is 0 Å². The molecule has 2 nitrogen and oxygen atoms in total. The molecule has 0 bridgehead atoms. The zero-order chi connectivity index (χ0) is 15.4. The van der Waals surface area contributed by atoms with E-state index >= 15 is 0 Å². The Bertz CT molecular complexity index is 638. The molecule has 0 spiro atoms. The Hall–Kier alpha value is -1.87. The van der Waals surface area contributed by atoms with Gasteiger partial charge in [0.2, 0.25) is 0 Å². The molecule has 3 rings (SSSR count). The Kier molecular flexibility index (Phi) is 4.74. The summed E-state index contributed by atoms with van der Waals surface area (Å²) < 4.78 is 7.65. The van der Waals surface area contributed by atoms with Crippen molar-refractivity contribution in [1.29, 1.82) is 0 Å². The predicted molar refractivity (Wildman–Crippen MR) is 95.5 cm³/mol. The Morgan fingerprint density at radius 3 is 2.73 bits per heavy atom. The Morgan fingerprint density at radius 2 is 2.00 bits per heavy atom. The van der Waals surface area contributed by atoms with Gasteiger partial charge in [-0.15, -0.1) is 6.58 Å². The van der Waals surface area contributed by atoms with E-state index in [0.717, 1.165) is 25.1 Å². The highest BCUT2D eigenvalue weighted by atomic mass is 32.2. The van der Waals surface area contributed by atoms with E-state index in [4.69, 9.17) is 4.74 Å². The van der Waals surface area contributed by atoms with Crippen molar-refractivity contribution in [3.63, 3.8) is 0 Å². The zero-order valence-electron chi connectivity index (χ0n) is 12.9. The number of rotatable bonds is 5. The number of allylic oxidation sites excluding steroid dienone is 1. The minimum absolute atomic E-state index is 0.575. The summed E-state index contributed by atoms with van der Waals surface area (Å²) in [6.45, 7) is 4.80. The average molecular weight is 311 g/mol. The Balaban J connectivity index is 1.82. The third kappa shape index (κ3) is 3.30. The molecule has 1 unspecified atom stereocenters. The molecular formula is C19H21NOS. The summed E-state index contributed by atoms with van der Waals surface area (Å²) in [6, 6.07) is 17.0. The van der Waals surface area contributed by atoms with Crippen LogP contribution in [0.1, 0.15) is 17.5 Å². The van der Waals surface area contributed by atoms with Crippen molar-refractivity contribution in [3.05, 3.63) is 72.3 Å². The summed E-state index contributed by atoms with van der Waals surface area (Å²) in [4.78, 5) is 0. The summed E-state index contributed by atoms with van der Waals surface area (Å²) in [5.74, 6) is 0.903. The average Bonchev–Trinajstić information content (AvgIpc) is 2.56. The Labute approximate surface area is 136 Å². The molecule has 2 aromatic rings. The van der Waals surface area contributed by atoms with Crippen molar-refractivity contribution >= 4 is 17.6 Å². The van der Waals surface area contributed by atoms with Gasteiger partial charge < -0.3 is 9.04 Å². The molecule has 1 aliphatic rings. The van der Waals surface area contributed by atoms with Crippen molar-refractivity contribution < 1.29 is 4.74 Å². The normalized spacial score (nSPS) is 17.0. The predicted octanol–water partition coefficient (Wildman–Crippen LogP) is 4.85. The third-order valence-corrected chi connectivity index (χ3v) is 5.14. The molecule has 3 heteroatoms. The van der Waals surface area contributed by atoms with Gasteiger partial charge in [0, 0.05) is 5.25 Å². The van der Waals surface area contributed by atoms with E-state index < -0.39 is 0 Å². The number of hydrogen-bond donors (Lipinski definition) is 0. The van der Waals surface area contributed by atoms with Crippen molar-refractivity contribution in [2.75, 3.05) is 11.4 Å². The fourth-order valence-electron chi connectivity index (χ4n) is 2.78. The van der Waals surface area contributed by atoms with E-state index in [-0.39, 0.29) is 0 Å². The quantitative estimate of drug-likeness (QED) is 0.578. The van der Waals surface area contributed by atoms with E-state index in [1.807, 2.05) is 30.2 Å². The van der Waals surface area contributed by atoms with E-state index in [2.05, 4.69) is 47.3 Å². The molecule has 0 aliphatic carbocycles. The second kappa shape index (κ2) is 6.93. The first kappa shape index (κ1) is 15.0. The van der Waals surface area contributed by atoms with Gasteiger partial charge in [-0.05, 0) is 54.1 Å². The molecular weight excluding hydrogens is 290 g/mol. The molecule has 0 aromatic heterocycles. The minimum atomic E-state index is 0.575. The first-order chi connectivity index (χ1) is 10.8. The maximum absolute atomic E-state index is 5.23. The third-order valence-electron chi connectivity index (χ3n) is 3.90. The van der Waals surface area contributed by atoms with Gasteiger partial charge in [0.15, 0.2) is 0 Å². The van der Waals surface area contributed by atoms with Gasteiger partial charge in [-0.25, -0.2) is 0 Å². The number of ether oxygens (including phenoxy) is 1. The maximum Gasteiger partial charge on any atom is 0.118 e. The SMILES string of the molecule is C=CCC1Cc2ccccc2N(Cc2ccc(OC)cc2)S1. The lowest BCUT2D eigenvalue weighted by molar-refractivity contribution is 0.414. The van der Waals surface area contributed by atoms with Gasteiger partial charge in [-0.3, -0.25) is 0 Å². The summed E-state index contributed by atoms with van der Waals surface area (Å²) in [5, 5.41) is 0.575. The molecule has 22 heavy (non-hydrogen) atoms. The number of hydrogen-bond acceptors (Lipinski definition) is 3. The fourth-order valence-corrected chi connectivity index (χ4v) is 4.13. The van der Waals surface area contributed by atoms with Crippen molar-refractivity contribution in [2.45, 2.75) is 24.6 Å². The van der Waals surface area contributed by atoms with Crippen LogP contribution in [0.5, 0.6) is 5.75 Å². The summed E-state index contributed by atoms with van der Waals surface area (Å²) in [5.41, 5.74) is 4.06. The van der Waals surface area contributed by atoms with Crippen LogP contribution in [0.3, 0.4) is 0 Å². The molecule has 1 heterocycles. The summed E-state index contributed by atoms with van der Waals surface area (Å²) in [7, 11) is 1.70. The molecule has 0 amide bonds. The van der Waals surface area contributed by atoms with Crippen molar-refractivity contribution in [2.24, 2.45) is 0 Å². The van der Waals surface area contributed by atoms with Crippen LogP contribution in [-0.4, -0.2) is 12.4 Å². The standard InChI is InChI=1S/C19H21NOS/c1-3-6-18-13-16-7-4-5-8-19(16)20(22-18)14-15-9-11-17(21-2)12-10-15/h3-5,7-12,18H,1,6,13-14H2,2H3. The van der Waals surface area contributed by atoms with Gasteiger partial charge >= 0.3 is 0 Å². The lowest BCUT2D eigenvalue weighted by Crippen LogP contribution is -2.26. The first-order valence-corrected chi connectivity index (χ1v) is 8.40. The van der Waals surface area contributed by atoms with Gasteiger partial charge in [0.1, 0.15) is 5.75 Å². The lowest BCUT2D eigenvalue weighted by atomic mass is 10.0. The first-order valence-electron chi connectivity index (χ1n) is 7.56. The van der Waals surface area contributed by atoms with Gasteiger partial charge in [0.25, 0.3) is 0 Å². The number of fused-ring (bicyclic) bond motifs is 1. The smallest absolute Gasteiger partial charge is 0.118 e. The Morgan fingerprint density at radius 1 is 1.23 bits per heavy atom. The van der Waals surface area contributed by atoms with Gasteiger partial charge in [-0.1, -0.05) is 36.4 Å². The summed E-state index contributed by atoms with van der Waals surface area (Å²) >= 11 is 1.93. The molecule has 0 N–H and O–H groups in total. The largest absolute Gasteiger partial charge is 0.497 e. The number of methoxy groups -OCH3 is 1. The van der Waals surface area contributed by atoms with E-state index in [0.29, 0.717) is 5.25 Å². The van der Waals surface area contributed by atoms with Crippen LogP contribution >= 0.6 is 11.9 Å². The zero-order valence-corrected chi connectivity index (χ0v) is 13.7. The molecule has 0 fully saturated rings. The van der Waals surface area contributed by atoms with E-state index in [1.165, 1.54) is 16.8 Å². The van der Waals surface area contributed by atoms with Crippen LogP contribution in [0, 0.1) is 0 Å². The molecule has 0 saturated carbocycles. The highest BCUT2D eigenvalue weighted by Crippen LogP contribution is 2.39. The molecule has 1 aliphatic heterocycles. The van der Waals surface area contributed by atoms with Crippen LogP contribution in [0.25, 0.3) is 0 Å². The molecule has 1 atom stereocenters. The number of para-hydroxylation sites is 1. The molecule has 0 radical (unpaired) electrons. The van der Waals surface area contributed by atoms with E-state index in [9.17, 15) is 0 Å². The van der Waals surface area contributed by atoms with Gasteiger partial charge in [0.05, 0.1) is 19.3 Å². The highest BCUT2D eigenvalue weighted by molar-refractivity contribution is 8.01. The van der Waals surface area contributed by atoms with Crippen LogP contribution in [0.15, 0.2) is 61.2 Å². The highest BCUT2D eigenvalue weighted by Gasteiger charge is 2.24. The number of benzene rings is 2. The summed E-state index contributed by atoms with van der Waals surface area (Å²) in [6.07, 6.45) is 4.18. The molecule has 0 saturated heterocycles.